The third-order valence-electron chi connectivity index (χ3n) is 3.75. The van der Waals surface area contributed by atoms with Crippen LogP contribution in [0.25, 0.3) is 0 Å². The van der Waals surface area contributed by atoms with Crippen LogP contribution in [0.2, 0.25) is 5.02 Å². The highest BCUT2D eigenvalue weighted by Crippen LogP contribution is 2.09. The van der Waals surface area contributed by atoms with Gasteiger partial charge in [-0.3, -0.25) is 4.99 Å². The second-order valence-corrected chi connectivity index (χ2v) is 8.53. The minimum Gasteiger partial charge on any atom is -0.356 e. The summed E-state index contributed by atoms with van der Waals surface area (Å²) in [6.07, 6.45) is 0.525. The summed E-state index contributed by atoms with van der Waals surface area (Å²) in [5, 5.41) is 7.03. The van der Waals surface area contributed by atoms with E-state index in [1.165, 1.54) is 0 Å². The van der Waals surface area contributed by atoms with Gasteiger partial charge < -0.3 is 10.6 Å². The SMILES string of the molecule is CN=C(NCCCS(=O)(=O)Cc1ccccc1)NCc1ccc(Cl)cc1.I. The lowest BCUT2D eigenvalue weighted by Crippen LogP contribution is -2.37. The van der Waals surface area contributed by atoms with Gasteiger partial charge in [0.15, 0.2) is 15.8 Å². The minimum absolute atomic E-state index is 0. The molecule has 0 unspecified atom stereocenters. The molecule has 148 valence electrons. The van der Waals surface area contributed by atoms with Crippen molar-refractivity contribution in [2.24, 2.45) is 4.99 Å². The lowest BCUT2D eigenvalue weighted by Gasteiger charge is -2.12. The number of rotatable bonds is 8. The van der Waals surface area contributed by atoms with Gasteiger partial charge in [-0.2, -0.15) is 0 Å². The standard InChI is InChI=1S/C19H24ClN3O2S.HI/c1-21-19(23-14-16-8-10-18(20)11-9-16)22-12-5-13-26(24,25)15-17-6-3-2-4-7-17;/h2-4,6-11H,5,12-15H2,1H3,(H2,21,22,23);1H. The predicted octanol–water partition coefficient (Wildman–Crippen LogP) is 3.63. The Labute approximate surface area is 183 Å². The molecule has 0 aliphatic heterocycles. The van der Waals surface area contributed by atoms with E-state index in [9.17, 15) is 8.42 Å². The first-order chi connectivity index (χ1) is 12.5. The zero-order valence-electron chi connectivity index (χ0n) is 15.2. The Morgan fingerprint density at radius 1 is 1.00 bits per heavy atom. The quantitative estimate of drug-likeness (QED) is 0.241. The van der Waals surface area contributed by atoms with Gasteiger partial charge in [0.1, 0.15) is 0 Å². The Kier molecular flexibility index (Phi) is 10.7. The molecule has 0 aliphatic rings. The highest BCUT2D eigenvalue weighted by atomic mass is 127. The van der Waals surface area contributed by atoms with Crippen LogP contribution in [-0.2, 0) is 22.1 Å². The summed E-state index contributed by atoms with van der Waals surface area (Å²) in [4.78, 5) is 4.14. The van der Waals surface area contributed by atoms with E-state index in [1.807, 2.05) is 54.6 Å². The molecule has 0 bridgehead atoms. The molecule has 0 amide bonds. The maximum atomic E-state index is 12.2. The maximum Gasteiger partial charge on any atom is 0.191 e. The summed E-state index contributed by atoms with van der Waals surface area (Å²) in [5.74, 6) is 0.862. The summed E-state index contributed by atoms with van der Waals surface area (Å²) in [5.41, 5.74) is 1.91. The fraction of sp³-hybridized carbons (Fsp3) is 0.316. The summed E-state index contributed by atoms with van der Waals surface area (Å²) in [7, 11) is -1.43. The van der Waals surface area contributed by atoms with Gasteiger partial charge in [0, 0.05) is 25.2 Å². The zero-order chi connectivity index (χ0) is 18.8. The van der Waals surface area contributed by atoms with Crippen LogP contribution in [-0.4, -0.2) is 33.7 Å². The first-order valence-corrected chi connectivity index (χ1v) is 10.6. The maximum absolute atomic E-state index is 12.2. The third kappa shape index (κ3) is 9.44. The molecule has 0 aliphatic carbocycles. The van der Waals surface area contributed by atoms with Crippen LogP contribution >= 0.6 is 35.6 Å². The van der Waals surface area contributed by atoms with E-state index in [0.29, 0.717) is 30.5 Å². The van der Waals surface area contributed by atoms with Crippen LogP contribution in [0, 0.1) is 0 Å². The number of guanidine groups is 1. The highest BCUT2D eigenvalue weighted by molar-refractivity contribution is 14.0. The van der Waals surface area contributed by atoms with Crippen molar-refractivity contribution in [3.8, 4) is 0 Å². The largest absolute Gasteiger partial charge is 0.356 e. The van der Waals surface area contributed by atoms with E-state index in [2.05, 4.69) is 15.6 Å². The number of hydrogen-bond acceptors (Lipinski definition) is 3. The number of sulfone groups is 1. The molecule has 0 spiro atoms. The van der Waals surface area contributed by atoms with Crippen LogP contribution in [0.5, 0.6) is 0 Å². The number of nitrogens with one attached hydrogen (secondary N) is 2. The minimum atomic E-state index is -3.11. The monoisotopic (exact) mass is 521 g/mol. The van der Waals surface area contributed by atoms with Gasteiger partial charge >= 0.3 is 0 Å². The molecule has 2 N–H and O–H groups in total. The molecule has 0 heterocycles. The Bertz CT molecular complexity index is 813. The molecule has 5 nitrogen and oxygen atoms in total. The number of nitrogens with zero attached hydrogens (tertiary/aromatic N) is 1. The topological polar surface area (TPSA) is 70.6 Å². The average molecular weight is 522 g/mol. The van der Waals surface area contributed by atoms with Crippen molar-refractivity contribution in [1.82, 2.24) is 10.6 Å². The second kappa shape index (κ2) is 12.2. The van der Waals surface area contributed by atoms with Crippen molar-refractivity contribution in [3.05, 3.63) is 70.7 Å². The van der Waals surface area contributed by atoms with Crippen LogP contribution in [0.4, 0.5) is 0 Å². The zero-order valence-corrected chi connectivity index (χ0v) is 19.1. The summed E-state index contributed by atoms with van der Waals surface area (Å²) in [6.45, 7) is 1.15. The van der Waals surface area contributed by atoms with E-state index in [0.717, 1.165) is 11.1 Å². The highest BCUT2D eigenvalue weighted by Gasteiger charge is 2.11. The van der Waals surface area contributed by atoms with Crippen molar-refractivity contribution in [3.63, 3.8) is 0 Å². The fourth-order valence-electron chi connectivity index (χ4n) is 2.41. The molecule has 2 rings (SSSR count). The number of aliphatic imine (C=N–C) groups is 1. The molecule has 0 saturated carbocycles. The summed E-state index contributed by atoms with van der Waals surface area (Å²) >= 11 is 5.87. The van der Waals surface area contributed by atoms with Gasteiger partial charge in [-0.15, -0.1) is 24.0 Å². The van der Waals surface area contributed by atoms with Gasteiger partial charge in [0.05, 0.1) is 11.5 Å². The molecule has 0 fully saturated rings. The lowest BCUT2D eigenvalue weighted by molar-refractivity contribution is 0.591. The number of halogens is 2. The predicted molar refractivity (Wildman–Crippen MR) is 124 cm³/mol. The van der Waals surface area contributed by atoms with E-state index in [4.69, 9.17) is 11.6 Å². The van der Waals surface area contributed by atoms with E-state index in [1.54, 1.807) is 7.05 Å². The van der Waals surface area contributed by atoms with Gasteiger partial charge in [0.25, 0.3) is 0 Å². The lowest BCUT2D eigenvalue weighted by atomic mass is 10.2. The van der Waals surface area contributed by atoms with Gasteiger partial charge in [0.2, 0.25) is 0 Å². The van der Waals surface area contributed by atoms with Crippen LogP contribution in [0.15, 0.2) is 59.6 Å². The molecular formula is C19H25ClIN3O2S. The normalized spacial score (nSPS) is 11.6. The molecule has 0 aromatic heterocycles. The summed E-state index contributed by atoms with van der Waals surface area (Å²) < 4.78 is 24.3. The van der Waals surface area contributed by atoms with Crippen molar-refractivity contribution < 1.29 is 8.42 Å². The molecule has 8 heteroatoms. The van der Waals surface area contributed by atoms with E-state index < -0.39 is 9.84 Å². The Morgan fingerprint density at radius 3 is 2.30 bits per heavy atom. The van der Waals surface area contributed by atoms with Crippen LogP contribution < -0.4 is 10.6 Å². The fourth-order valence-corrected chi connectivity index (χ4v) is 3.96. The Balaban J connectivity index is 0.00000364. The molecule has 2 aromatic rings. The van der Waals surface area contributed by atoms with Gasteiger partial charge in [-0.05, 0) is 29.7 Å². The van der Waals surface area contributed by atoms with Gasteiger partial charge in [-0.1, -0.05) is 54.1 Å². The van der Waals surface area contributed by atoms with E-state index in [-0.39, 0.29) is 35.5 Å². The Hall–Kier alpha value is -1.32. The summed E-state index contributed by atoms with van der Waals surface area (Å²) in [6, 6.07) is 16.8. The van der Waals surface area contributed by atoms with Crippen LogP contribution in [0.1, 0.15) is 17.5 Å². The first-order valence-electron chi connectivity index (χ1n) is 8.42. The number of benzene rings is 2. The second-order valence-electron chi connectivity index (χ2n) is 5.91. The van der Waals surface area contributed by atoms with E-state index >= 15 is 0 Å². The van der Waals surface area contributed by atoms with Gasteiger partial charge in [-0.25, -0.2) is 8.42 Å². The first kappa shape index (κ1) is 23.7. The molecule has 0 atom stereocenters. The molecular weight excluding hydrogens is 497 g/mol. The molecule has 0 radical (unpaired) electrons. The smallest absolute Gasteiger partial charge is 0.191 e. The third-order valence-corrected chi connectivity index (χ3v) is 5.69. The van der Waals surface area contributed by atoms with Crippen molar-refractivity contribution in [1.29, 1.82) is 0 Å². The molecule has 27 heavy (non-hydrogen) atoms. The van der Waals surface area contributed by atoms with Crippen LogP contribution in [0.3, 0.4) is 0 Å². The average Bonchev–Trinajstić information content (AvgIpc) is 2.63. The Morgan fingerprint density at radius 2 is 1.67 bits per heavy atom. The van der Waals surface area contributed by atoms with Crippen molar-refractivity contribution in [2.75, 3.05) is 19.3 Å². The van der Waals surface area contributed by atoms with Crippen molar-refractivity contribution in [2.45, 2.75) is 18.7 Å². The number of hydrogen-bond donors (Lipinski definition) is 2. The molecule has 2 aromatic carbocycles. The van der Waals surface area contributed by atoms with Crippen molar-refractivity contribution >= 4 is 51.4 Å². The molecule has 0 saturated heterocycles.